The highest BCUT2D eigenvalue weighted by molar-refractivity contribution is 6.31. The molecule has 2 aromatic carbocycles. The van der Waals surface area contributed by atoms with E-state index in [1.54, 1.807) is 18.0 Å². The van der Waals surface area contributed by atoms with Gasteiger partial charge >= 0.3 is 0 Å². The van der Waals surface area contributed by atoms with Gasteiger partial charge in [-0.25, -0.2) is 4.98 Å². The molecule has 6 heteroatoms. The SMILES string of the molecule is CN(CCCNc1cc[nH+]c2cc(Cl)ccc12)C(=O)c1cc2ccccc2o1. The average molecular weight is 395 g/mol. The van der Waals surface area contributed by atoms with Gasteiger partial charge in [0.2, 0.25) is 5.52 Å². The van der Waals surface area contributed by atoms with Gasteiger partial charge in [-0.3, -0.25) is 4.79 Å². The quantitative estimate of drug-likeness (QED) is 0.485. The van der Waals surface area contributed by atoms with Crippen LogP contribution in [0.3, 0.4) is 0 Å². The van der Waals surface area contributed by atoms with Gasteiger partial charge in [-0.15, -0.1) is 0 Å². The van der Waals surface area contributed by atoms with Crippen LogP contribution in [0.4, 0.5) is 5.69 Å². The van der Waals surface area contributed by atoms with Crippen molar-refractivity contribution in [3.8, 4) is 0 Å². The number of H-pyrrole nitrogens is 1. The Balaban J connectivity index is 1.34. The summed E-state index contributed by atoms with van der Waals surface area (Å²) in [6.07, 6.45) is 2.70. The molecular weight excluding hydrogens is 374 g/mol. The zero-order valence-electron chi connectivity index (χ0n) is 15.5. The van der Waals surface area contributed by atoms with Crippen LogP contribution < -0.4 is 10.3 Å². The van der Waals surface area contributed by atoms with Crippen molar-refractivity contribution in [1.29, 1.82) is 0 Å². The molecule has 2 N–H and O–H groups in total. The number of aromatic nitrogens is 1. The van der Waals surface area contributed by atoms with Crippen LogP contribution in [0.15, 0.2) is 65.2 Å². The summed E-state index contributed by atoms with van der Waals surface area (Å²) < 4.78 is 5.66. The maximum absolute atomic E-state index is 12.6. The number of para-hydroxylation sites is 1. The molecule has 1 amide bonds. The van der Waals surface area contributed by atoms with Crippen LogP contribution in [0.1, 0.15) is 17.0 Å². The molecule has 28 heavy (non-hydrogen) atoms. The minimum absolute atomic E-state index is 0.106. The van der Waals surface area contributed by atoms with Crippen molar-refractivity contribution in [2.45, 2.75) is 6.42 Å². The zero-order valence-corrected chi connectivity index (χ0v) is 16.3. The molecule has 0 fully saturated rings. The summed E-state index contributed by atoms with van der Waals surface area (Å²) >= 11 is 6.05. The number of carbonyl (C=O) groups is 1. The molecule has 4 rings (SSSR count). The summed E-state index contributed by atoms with van der Waals surface area (Å²) in [5, 5.41) is 6.16. The van der Waals surface area contributed by atoms with Gasteiger partial charge in [-0.05, 0) is 30.7 Å². The van der Waals surface area contributed by atoms with Crippen LogP contribution >= 0.6 is 11.6 Å². The minimum Gasteiger partial charge on any atom is -0.451 e. The van der Waals surface area contributed by atoms with Gasteiger partial charge in [-0.2, -0.15) is 0 Å². The minimum atomic E-state index is -0.106. The van der Waals surface area contributed by atoms with Crippen LogP contribution in [-0.4, -0.2) is 30.9 Å². The van der Waals surface area contributed by atoms with Gasteiger partial charge < -0.3 is 14.6 Å². The molecule has 2 heterocycles. The van der Waals surface area contributed by atoms with E-state index in [0.717, 1.165) is 40.5 Å². The number of benzene rings is 2. The van der Waals surface area contributed by atoms with Crippen LogP contribution in [0.25, 0.3) is 21.9 Å². The Bertz CT molecular complexity index is 1110. The third-order valence-electron chi connectivity index (χ3n) is 4.73. The second-order valence-electron chi connectivity index (χ2n) is 6.74. The summed E-state index contributed by atoms with van der Waals surface area (Å²) in [6.45, 7) is 1.38. The van der Waals surface area contributed by atoms with E-state index in [2.05, 4.69) is 10.3 Å². The van der Waals surface area contributed by atoms with Crippen molar-refractivity contribution in [1.82, 2.24) is 4.90 Å². The predicted molar refractivity (Wildman–Crippen MR) is 112 cm³/mol. The summed E-state index contributed by atoms with van der Waals surface area (Å²) in [7, 11) is 1.80. The Kier molecular flexibility index (Phi) is 5.17. The molecule has 0 unspecified atom stereocenters. The van der Waals surface area contributed by atoms with E-state index in [0.29, 0.717) is 17.3 Å². The number of hydrogen-bond acceptors (Lipinski definition) is 3. The maximum atomic E-state index is 12.6. The third-order valence-corrected chi connectivity index (χ3v) is 4.96. The molecule has 0 atom stereocenters. The summed E-state index contributed by atoms with van der Waals surface area (Å²) in [6, 6.07) is 17.2. The predicted octanol–water partition coefficient (Wildman–Crippen LogP) is 4.63. The highest BCUT2D eigenvalue weighted by Gasteiger charge is 2.16. The van der Waals surface area contributed by atoms with E-state index < -0.39 is 0 Å². The number of nitrogens with one attached hydrogen (secondary N) is 2. The number of amides is 1. The first-order valence-electron chi connectivity index (χ1n) is 9.20. The highest BCUT2D eigenvalue weighted by Crippen LogP contribution is 2.23. The Hall–Kier alpha value is -3.05. The van der Waals surface area contributed by atoms with Crippen molar-refractivity contribution in [3.63, 3.8) is 0 Å². The fourth-order valence-corrected chi connectivity index (χ4v) is 3.42. The molecule has 0 saturated heterocycles. The number of furan rings is 1. The number of nitrogens with zero attached hydrogens (tertiary/aromatic N) is 1. The molecule has 0 aliphatic rings. The maximum Gasteiger partial charge on any atom is 0.289 e. The Morgan fingerprint density at radius 3 is 2.89 bits per heavy atom. The summed E-state index contributed by atoms with van der Waals surface area (Å²) in [5.74, 6) is 0.267. The van der Waals surface area contributed by atoms with E-state index in [4.69, 9.17) is 16.0 Å². The molecule has 0 saturated carbocycles. The van der Waals surface area contributed by atoms with Gasteiger partial charge in [0, 0.05) is 42.7 Å². The Morgan fingerprint density at radius 1 is 1.18 bits per heavy atom. The van der Waals surface area contributed by atoms with Crippen molar-refractivity contribution in [2.75, 3.05) is 25.5 Å². The van der Waals surface area contributed by atoms with Crippen LogP contribution in [0.5, 0.6) is 0 Å². The summed E-state index contributed by atoms with van der Waals surface area (Å²) in [5.41, 5.74) is 2.75. The van der Waals surface area contributed by atoms with Gasteiger partial charge in [0.25, 0.3) is 5.91 Å². The fraction of sp³-hybridized carbons (Fsp3) is 0.182. The lowest BCUT2D eigenvalue weighted by atomic mass is 10.2. The van der Waals surface area contributed by atoms with Crippen molar-refractivity contribution >= 4 is 45.1 Å². The van der Waals surface area contributed by atoms with E-state index in [1.807, 2.05) is 54.7 Å². The van der Waals surface area contributed by atoms with E-state index >= 15 is 0 Å². The molecule has 5 nitrogen and oxygen atoms in total. The number of pyridine rings is 1. The number of fused-ring (bicyclic) bond motifs is 2. The number of aromatic amines is 1. The number of anilines is 1. The number of carbonyl (C=O) groups excluding carboxylic acids is 1. The monoisotopic (exact) mass is 394 g/mol. The number of rotatable bonds is 6. The summed E-state index contributed by atoms with van der Waals surface area (Å²) in [4.78, 5) is 17.5. The second kappa shape index (κ2) is 7.90. The first-order chi connectivity index (χ1) is 13.6. The lowest BCUT2D eigenvalue weighted by Gasteiger charge is -2.16. The molecule has 4 aromatic rings. The Labute approximate surface area is 167 Å². The zero-order chi connectivity index (χ0) is 19.5. The standard InChI is InChI=1S/C22H20ClN3O2/c1-26(22(27)21-13-15-5-2-3-6-20(15)28-21)12-4-10-24-18-9-11-25-19-14-16(23)7-8-17(18)19/h2-3,5-9,11,13-14H,4,10,12H2,1H3,(H,24,25)/p+1. The second-order valence-corrected chi connectivity index (χ2v) is 7.17. The largest absolute Gasteiger partial charge is 0.451 e. The van der Waals surface area contributed by atoms with E-state index in [1.165, 1.54) is 0 Å². The van der Waals surface area contributed by atoms with E-state index in [-0.39, 0.29) is 5.91 Å². The van der Waals surface area contributed by atoms with Crippen molar-refractivity contribution < 1.29 is 14.2 Å². The molecule has 2 aromatic heterocycles. The smallest absolute Gasteiger partial charge is 0.289 e. The first-order valence-corrected chi connectivity index (χ1v) is 9.57. The van der Waals surface area contributed by atoms with Crippen molar-refractivity contribution in [3.05, 3.63) is 71.6 Å². The van der Waals surface area contributed by atoms with Crippen LogP contribution in [0, 0.1) is 0 Å². The molecular formula is C22H21ClN3O2+. The molecule has 0 aliphatic carbocycles. The van der Waals surface area contributed by atoms with Crippen molar-refractivity contribution in [2.24, 2.45) is 0 Å². The Morgan fingerprint density at radius 2 is 2.04 bits per heavy atom. The fourth-order valence-electron chi connectivity index (χ4n) is 3.25. The number of halogens is 1. The van der Waals surface area contributed by atoms with Gasteiger partial charge in [0.1, 0.15) is 5.58 Å². The lowest BCUT2D eigenvalue weighted by Crippen LogP contribution is -2.28. The molecule has 0 radical (unpaired) electrons. The molecule has 0 aliphatic heterocycles. The molecule has 0 bridgehead atoms. The van der Waals surface area contributed by atoms with Gasteiger partial charge in [0.15, 0.2) is 12.0 Å². The van der Waals surface area contributed by atoms with Gasteiger partial charge in [0.05, 0.1) is 11.1 Å². The normalized spacial score (nSPS) is 11.1. The first kappa shape index (κ1) is 18.3. The molecule has 0 spiro atoms. The highest BCUT2D eigenvalue weighted by atomic mass is 35.5. The van der Waals surface area contributed by atoms with E-state index in [9.17, 15) is 4.79 Å². The topological polar surface area (TPSA) is 59.6 Å². The van der Waals surface area contributed by atoms with Gasteiger partial charge in [-0.1, -0.05) is 29.8 Å². The lowest BCUT2D eigenvalue weighted by molar-refractivity contribution is -0.344. The average Bonchev–Trinajstić information content (AvgIpc) is 3.14. The number of hydrogen-bond donors (Lipinski definition) is 1. The van der Waals surface area contributed by atoms with Crippen LogP contribution in [-0.2, 0) is 0 Å². The third kappa shape index (κ3) is 3.80. The molecule has 142 valence electrons. The van der Waals surface area contributed by atoms with Crippen LogP contribution in [0.2, 0.25) is 5.02 Å².